The van der Waals surface area contributed by atoms with Crippen LogP contribution in [0.4, 0.5) is 0 Å². The number of amides is 1. The first-order chi connectivity index (χ1) is 13.7. The summed E-state index contributed by atoms with van der Waals surface area (Å²) in [6, 6.07) is 13.3. The number of hydrogen-bond donors (Lipinski definition) is 0. The van der Waals surface area contributed by atoms with Gasteiger partial charge in [-0.2, -0.15) is 0 Å². The van der Waals surface area contributed by atoms with Crippen LogP contribution in [0.1, 0.15) is 28.9 Å². The lowest BCUT2D eigenvalue weighted by Crippen LogP contribution is -2.39. The Bertz CT molecular complexity index is 912. The minimum absolute atomic E-state index is 0.0639. The first-order valence-corrected chi connectivity index (χ1v) is 9.66. The number of carbonyl (C=O) groups excluding carboxylic acids is 1. The first-order valence-electron chi connectivity index (χ1n) is 9.66. The normalized spacial score (nSPS) is 15.1. The predicted octanol–water partition coefficient (Wildman–Crippen LogP) is 3.41. The number of piperidine rings is 1. The molecule has 3 heterocycles. The van der Waals surface area contributed by atoms with Crippen LogP contribution in [0.5, 0.6) is 5.75 Å². The van der Waals surface area contributed by atoms with Crippen molar-refractivity contribution in [3.05, 3.63) is 66.1 Å². The van der Waals surface area contributed by atoms with Gasteiger partial charge >= 0.3 is 0 Å². The molecule has 6 nitrogen and oxygen atoms in total. The maximum absolute atomic E-state index is 12.8. The molecular weight excluding hydrogens is 354 g/mol. The molecule has 0 N–H and O–H groups in total. The average Bonchev–Trinajstić information content (AvgIpc) is 3.16. The molecule has 146 valence electrons. The van der Waals surface area contributed by atoms with E-state index in [9.17, 15) is 4.79 Å². The van der Waals surface area contributed by atoms with Gasteiger partial charge in [0.25, 0.3) is 5.91 Å². The molecule has 4 rings (SSSR count). The van der Waals surface area contributed by atoms with E-state index in [0.717, 1.165) is 43.9 Å². The van der Waals surface area contributed by atoms with E-state index in [1.165, 1.54) is 0 Å². The van der Waals surface area contributed by atoms with Crippen LogP contribution in [0.3, 0.4) is 0 Å². The Morgan fingerprint density at radius 1 is 1.18 bits per heavy atom. The van der Waals surface area contributed by atoms with Crippen molar-refractivity contribution in [2.24, 2.45) is 5.92 Å². The van der Waals surface area contributed by atoms with Crippen molar-refractivity contribution in [3.8, 4) is 5.75 Å². The molecule has 1 aliphatic heterocycles. The molecule has 28 heavy (non-hydrogen) atoms. The summed E-state index contributed by atoms with van der Waals surface area (Å²) in [7, 11) is 1.73. The Labute approximate surface area is 164 Å². The monoisotopic (exact) mass is 379 g/mol. The highest BCUT2D eigenvalue weighted by Crippen LogP contribution is 2.21. The third-order valence-corrected chi connectivity index (χ3v) is 5.19. The molecule has 0 aliphatic carbocycles. The molecule has 1 aliphatic rings. The van der Waals surface area contributed by atoms with Crippen molar-refractivity contribution in [1.82, 2.24) is 14.3 Å². The zero-order chi connectivity index (χ0) is 19.3. The maximum atomic E-state index is 12.8. The van der Waals surface area contributed by atoms with E-state index >= 15 is 0 Å². The van der Waals surface area contributed by atoms with Gasteiger partial charge in [0.1, 0.15) is 18.0 Å². The summed E-state index contributed by atoms with van der Waals surface area (Å²) in [4.78, 5) is 19.3. The van der Waals surface area contributed by atoms with Crippen LogP contribution in [0, 0.1) is 5.92 Å². The Morgan fingerprint density at radius 2 is 2.04 bits per heavy atom. The molecule has 0 spiro atoms. The zero-order valence-electron chi connectivity index (χ0n) is 16.1. The van der Waals surface area contributed by atoms with Crippen molar-refractivity contribution in [1.29, 1.82) is 0 Å². The van der Waals surface area contributed by atoms with Crippen molar-refractivity contribution < 1.29 is 14.3 Å². The molecule has 0 saturated carbocycles. The van der Waals surface area contributed by atoms with Gasteiger partial charge in [-0.15, -0.1) is 0 Å². The summed E-state index contributed by atoms with van der Waals surface area (Å²) >= 11 is 0. The zero-order valence-corrected chi connectivity index (χ0v) is 16.1. The van der Waals surface area contributed by atoms with Gasteiger partial charge in [0, 0.05) is 44.8 Å². The quantitative estimate of drug-likeness (QED) is 0.659. The molecule has 0 radical (unpaired) electrons. The molecule has 2 aromatic heterocycles. The molecule has 1 aromatic carbocycles. The summed E-state index contributed by atoms with van der Waals surface area (Å²) in [5, 5.41) is 0. The lowest BCUT2D eigenvalue weighted by molar-refractivity contribution is 0.0613. The first kappa shape index (κ1) is 18.5. The number of rotatable bonds is 6. The summed E-state index contributed by atoms with van der Waals surface area (Å²) in [5.41, 5.74) is 2.41. The molecular formula is C22H25N3O3. The van der Waals surface area contributed by atoms with Gasteiger partial charge < -0.3 is 18.8 Å². The number of methoxy groups -OCH3 is 1. The smallest absolute Gasteiger partial charge is 0.253 e. The summed E-state index contributed by atoms with van der Waals surface area (Å²) in [6.45, 7) is 2.69. The van der Waals surface area contributed by atoms with Gasteiger partial charge in [0.2, 0.25) is 0 Å². The number of aromatic nitrogens is 2. The lowest BCUT2D eigenvalue weighted by atomic mass is 9.97. The van der Waals surface area contributed by atoms with Crippen LogP contribution in [0.2, 0.25) is 0 Å². The minimum atomic E-state index is 0.0639. The third-order valence-electron chi connectivity index (χ3n) is 5.19. The number of nitrogens with zero attached hydrogens (tertiary/aromatic N) is 3. The van der Waals surface area contributed by atoms with Crippen LogP contribution in [-0.4, -0.2) is 47.0 Å². The fourth-order valence-corrected chi connectivity index (χ4v) is 3.65. The third kappa shape index (κ3) is 4.17. The van der Waals surface area contributed by atoms with Crippen LogP contribution < -0.4 is 4.74 Å². The predicted molar refractivity (Wildman–Crippen MR) is 106 cm³/mol. The lowest BCUT2D eigenvalue weighted by Gasteiger charge is -2.31. The van der Waals surface area contributed by atoms with Crippen LogP contribution in [0.25, 0.3) is 5.65 Å². The number of imidazole rings is 1. The molecule has 3 aromatic rings. The Hall–Kier alpha value is -2.86. The molecule has 0 atom stereocenters. The van der Waals surface area contributed by atoms with Gasteiger partial charge in [-0.1, -0.05) is 12.1 Å². The number of hydrogen-bond acceptors (Lipinski definition) is 4. The standard InChI is InChI=1S/C22H25N3O3/c1-27-15-17-8-11-24(12-9-17)22(26)18-5-4-6-20(13-18)28-16-19-14-25-10-3-2-7-21(25)23-19/h2-7,10,13-14,17H,8-9,11-12,15-16H2,1H3. The van der Waals surface area contributed by atoms with Crippen molar-refractivity contribution in [2.75, 3.05) is 26.8 Å². The highest BCUT2D eigenvalue weighted by atomic mass is 16.5. The molecule has 0 bridgehead atoms. The number of pyridine rings is 1. The van der Waals surface area contributed by atoms with Crippen LogP contribution >= 0.6 is 0 Å². The number of ether oxygens (including phenoxy) is 2. The second-order valence-electron chi connectivity index (χ2n) is 7.21. The maximum Gasteiger partial charge on any atom is 0.253 e. The SMILES string of the molecule is COCC1CCN(C(=O)c2cccc(OCc3cn4ccccc4n3)c2)CC1. The molecule has 0 unspecified atom stereocenters. The van der Waals surface area contributed by atoms with E-state index in [0.29, 0.717) is 23.8 Å². The molecule has 1 fully saturated rings. The van der Waals surface area contributed by atoms with E-state index in [1.54, 1.807) is 7.11 Å². The van der Waals surface area contributed by atoms with Crippen molar-refractivity contribution >= 4 is 11.6 Å². The van der Waals surface area contributed by atoms with E-state index in [1.807, 2.05) is 64.2 Å². The van der Waals surface area contributed by atoms with Crippen LogP contribution in [-0.2, 0) is 11.3 Å². The summed E-state index contributed by atoms with van der Waals surface area (Å²) < 4.78 is 13.1. The highest BCUT2D eigenvalue weighted by molar-refractivity contribution is 5.94. The fourth-order valence-electron chi connectivity index (χ4n) is 3.65. The molecule has 1 amide bonds. The summed E-state index contributed by atoms with van der Waals surface area (Å²) in [5.74, 6) is 1.29. The van der Waals surface area contributed by atoms with E-state index < -0.39 is 0 Å². The van der Waals surface area contributed by atoms with Gasteiger partial charge in [0.05, 0.1) is 5.69 Å². The largest absolute Gasteiger partial charge is 0.487 e. The Balaban J connectivity index is 1.38. The minimum Gasteiger partial charge on any atom is -0.487 e. The average molecular weight is 379 g/mol. The molecule has 1 saturated heterocycles. The van der Waals surface area contributed by atoms with E-state index in [2.05, 4.69) is 4.98 Å². The number of fused-ring (bicyclic) bond motifs is 1. The number of carbonyl (C=O) groups is 1. The second-order valence-corrected chi connectivity index (χ2v) is 7.21. The summed E-state index contributed by atoms with van der Waals surface area (Å²) in [6.07, 6.45) is 5.89. The van der Waals surface area contributed by atoms with Crippen molar-refractivity contribution in [3.63, 3.8) is 0 Å². The number of benzene rings is 1. The van der Waals surface area contributed by atoms with E-state index in [-0.39, 0.29) is 5.91 Å². The van der Waals surface area contributed by atoms with Crippen molar-refractivity contribution in [2.45, 2.75) is 19.4 Å². The van der Waals surface area contributed by atoms with Gasteiger partial charge in [-0.3, -0.25) is 4.79 Å². The number of likely N-dealkylation sites (tertiary alicyclic amines) is 1. The van der Waals surface area contributed by atoms with Gasteiger partial charge in [0.15, 0.2) is 0 Å². The van der Waals surface area contributed by atoms with E-state index in [4.69, 9.17) is 9.47 Å². The molecule has 6 heteroatoms. The second kappa shape index (κ2) is 8.44. The highest BCUT2D eigenvalue weighted by Gasteiger charge is 2.23. The Morgan fingerprint density at radius 3 is 2.82 bits per heavy atom. The Kier molecular flexibility index (Phi) is 5.58. The van der Waals surface area contributed by atoms with Gasteiger partial charge in [-0.25, -0.2) is 4.98 Å². The fraction of sp³-hybridized carbons (Fsp3) is 0.364. The van der Waals surface area contributed by atoms with Crippen LogP contribution in [0.15, 0.2) is 54.9 Å². The van der Waals surface area contributed by atoms with Gasteiger partial charge in [-0.05, 0) is 49.1 Å². The topological polar surface area (TPSA) is 56.1 Å².